The quantitative estimate of drug-likeness (QED) is 0.921. The first kappa shape index (κ1) is 13.1. The third kappa shape index (κ3) is 2.26. The van der Waals surface area contributed by atoms with Crippen molar-refractivity contribution in [2.24, 2.45) is 0 Å². The molecule has 0 saturated carbocycles. The predicted molar refractivity (Wildman–Crippen MR) is 75.0 cm³/mol. The minimum Gasteiger partial charge on any atom is -0.480 e. The number of hydrogen-bond donors (Lipinski definition) is 1. The number of carboxylic acid groups (broad SMARTS) is 1. The Kier molecular flexibility index (Phi) is 3.41. The number of thiophene rings is 1. The maximum atomic E-state index is 11.2. The Morgan fingerprint density at radius 1 is 1.39 bits per heavy atom. The molecule has 2 aromatic rings. The van der Waals surface area contributed by atoms with Crippen LogP contribution in [0.4, 0.5) is 0 Å². The van der Waals surface area contributed by atoms with Crippen LogP contribution in [0.15, 0.2) is 29.6 Å². The van der Waals surface area contributed by atoms with Gasteiger partial charge < -0.3 is 5.11 Å². The summed E-state index contributed by atoms with van der Waals surface area (Å²) < 4.78 is 1.24. The Bertz CT molecular complexity index is 574. The molecule has 0 radical (unpaired) electrons. The van der Waals surface area contributed by atoms with Crippen LogP contribution in [-0.2, 0) is 11.3 Å². The largest absolute Gasteiger partial charge is 0.480 e. The third-order valence-electron chi connectivity index (χ3n) is 3.45. The van der Waals surface area contributed by atoms with E-state index in [0.717, 1.165) is 0 Å². The molecule has 3 nitrogen and oxygen atoms in total. The SMILES string of the molecule is CN(Cc1csc2ccccc12)C(C)(C)C(=O)O. The van der Waals surface area contributed by atoms with Crippen molar-refractivity contribution in [1.82, 2.24) is 4.90 Å². The number of hydrogen-bond acceptors (Lipinski definition) is 3. The summed E-state index contributed by atoms with van der Waals surface area (Å²) in [4.78, 5) is 13.1. The molecule has 0 atom stereocenters. The van der Waals surface area contributed by atoms with Crippen LogP contribution in [0.3, 0.4) is 0 Å². The maximum absolute atomic E-state index is 11.2. The summed E-state index contributed by atoms with van der Waals surface area (Å²) in [7, 11) is 1.85. The van der Waals surface area contributed by atoms with Gasteiger partial charge in [0, 0.05) is 11.2 Å². The molecule has 1 aromatic carbocycles. The fourth-order valence-electron chi connectivity index (χ4n) is 1.77. The minimum absolute atomic E-state index is 0.642. The van der Waals surface area contributed by atoms with E-state index in [0.29, 0.717) is 6.54 Å². The van der Waals surface area contributed by atoms with Gasteiger partial charge in [0.05, 0.1) is 0 Å². The Morgan fingerprint density at radius 3 is 2.72 bits per heavy atom. The van der Waals surface area contributed by atoms with Crippen LogP contribution in [-0.4, -0.2) is 28.6 Å². The van der Waals surface area contributed by atoms with Gasteiger partial charge in [-0.15, -0.1) is 11.3 Å². The molecule has 0 amide bonds. The fraction of sp³-hybridized carbons (Fsp3) is 0.357. The van der Waals surface area contributed by atoms with Crippen molar-refractivity contribution in [1.29, 1.82) is 0 Å². The zero-order valence-electron chi connectivity index (χ0n) is 10.8. The number of aliphatic carboxylic acids is 1. The lowest BCUT2D eigenvalue weighted by molar-refractivity contribution is -0.148. The number of rotatable bonds is 4. The van der Waals surface area contributed by atoms with Crippen LogP contribution in [0.5, 0.6) is 0 Å². The summed E-state index contributed by atoms with van der Waals surface area (Å²) in [6.45, 7) is 4.09. The lowest BCUT2D eigenvalue weighted by atomic mass is 10.0. The van der Waals surface area contributed by atoms with E-state index >= 15 is 0 Å². The average molecular weight is 263 g/mol. The van der Waals surface area contributed by atoms with E-state index in [-0.39, 0.29) is 0 Å². The van der Waals surface area contributed by atoms with E-state index in [2.05, 4.69) is 17.5 Å². The Labute approximate surface area is 111 Å². The molecule has 1 aromatic heterocycles. The first-order valence-corrected chi connectivity index (χ1v) is 6.70. The molecule has 0 spiro atoms. The highest BCUT2D eigenvalue weighted by molar-refractivity contribution is 7.17. The molecule has 0 saturated heterocycles. The van der Waals surface area contributed by atoms with Gasteiger partial charge in [-0.05, 0) is 43.3 Å². The van der Waals surface area contributed by atoms with Gasteiger partial charge in [0.2, 0.25) is 0 Å². The van der Waals surface area contributed by atoms with E-state index in [9.17, 15) is 9.90 Å². The molecule has 1 heterocycles. The summed E-state index contributed by atoms with van der Waals surface area (Å²) in [5.41, 5.74) is 0.329. The zero-order valence-corrected chi connectivity index (χ0v) is 11.6. The van der Waals surface area contributed by atoms with E-state index < -0.39 is 11.5 Å². The van der Waals surface area contributed by atoms with Gasteiger partial charge in [0.25, 0.3) is 0 Å². The van der Waals surface area contributed by atoms with Gasteiger partial charge in [0.15, 0.2) is 0 Å². The molecule has 1 N–H and O–H groups in total. The Morgan fingerprint density at radius 2 is 2.06 bits per heavy atom. The summed E-state index contributed by atoms with van der Waals surface area (Å²) >= 11 is 1.70. The molecule has 0 bridgehead atoms. The lowest BCUT2D eigenvalue weighted by Crippen LogP contribution is -2.47. The van der Waals surface area contributed by atoms with Crippen LogP contribution in [0.25, 0.3) is 10.1 Å². The van der Waals surface area contributed by atoms with Crippen molar-refractivity contribution in [3.05, 3.63) is 35.2 Å². The van der Waals surface area contributed by atoms with Gasteiger partial charge in [-0.2, -0.15) is 0 Å². The normalized spacial score (nSPS) is 12.2. The van der Waals surface area contributed by atoms with Crippen LogP contribution in [0, 0.1) is 0 Å². The molecule has 96 valence electrons. The van der Waals surface area contributed by atoms with Crippen molar-refractivity contribution >= 4 is 27.4 Å². The van der Waals surface area contributed by atoms with Gasteiger partial charge in [-0.25, -0.2) is 0 Å². The summed E-state index contributed by atoms with van der Waals surface area (Å²) in [6, 6.07) is 8.21. The highest BCUT2D eigenvalue weighted by atomic mass is 32.1. The monoisotopic (exact) mass is 263 g/mol. The van der Waals surface area contributed by atoms with Crippen molar-refractivity contribution in [3.63, 3.8) is 0 Å². The van der Waals surface area contributed by atoms with Gasteiger partial charge in [0.1, 0.15) is 5.54 Å². The second-order valence-corrected chi connectivity index (χ2v) is 5.89. The van der Waals surface area contributed by atoms with Gasteiger partial charge in [-0.3, -0.25) is 9.69 Å². The number of benzene rings is 1. The number of fused-ring (bicyclic) bond motifs is 1. The molecule has 4 heteroatoms. The molecule has 0 fully saturated rings. The average Bonchev–Trinajstić information content (AvgIpc) is 2.72. The molecule has 0 aliphatic heterocycles. The molecule has 2 rings (SSSR count). The molecular weight excluding hydrogens is 246 g/mol. The van der Waals surface area contributed by atoms with Crippen molar-refractivity contribution in [2.45, 2.75) is 25.9 Å². The van der Waals surface area contributed by atoms with E-state index in [1.807, 2.05) is 24.1 Å². The first-order valence-electron chi connectivity index (χ1n) is 5.82. The smallest absolute Gasteiger partial charge is 0.323 e. The van der Waals surface area contributed by atoms with Gasteiger partial charge in [-0.1, -0.05) is 18.2 Å². The second kappa shape index (κ2) is 4.71. The van der Waals surface area contributed by atoms with Crippen molar-refractivity contribution in [3.8, 4) is 0 Å². The van der Waals surface area contributed by atoms with Crippen LogP contribution >= 0.6 is 11.3 Å². The maximum Gasteiger partial charge on any atom is 0.323 e. The van der Waals surface area contributed by atoms with Crippen LogP contribution < -0.4 is 0 Å². The number of carbonyl (C=O) groups is 1. The molecule has 0 aliphatic rings. The highest BCUT2D eigenvalue weighted by Gasteiger charge is 2.32. The van der Waals surface area contributed by atoms with E-state index in [1.54, 1.807) is 25.2 Å². The standard InChI is InChI=1S/C14H17NO2S/c1-14(2,13(16)17)15(3)8-10-9-18-12-7-5-4-6-11(10)12/h4-7,9H,8H2,1-3H3,(H,16,17). The first-order chi connectivity index (χ1) is 8.43. The topological polar surface area (TPSA) is 40.5 Å². The fourth-order valence-corrected chi connectivity index (χ4v) is 2.73. The van der Waals surface area contributed by atoms with Crippen LogP contribution in [0.2, 0.25) is 0 Å². The predicted octanol–water partition coefficient (Wildman–Crippen LogP) is 3.20. The summed E-state index contributed by atoms with van der Waals surface area (Å²) in [5.74, 6) is -0.801. The molecule has 0 unspecified atom stereocenters. The molecular formula is C14H17NO2S. The number of likely N-dealkylation sites (N-methyl/N-ethyl adjacent to an activating group) is 1. The minimum atomic E-state index is -0.858. The molecule has 0 aliphatic carbocycles. The van der Waals surface area contributed by atoms with E-state index in [4.69, 9.17) is 0 Å². The summed E-state index contributed by atoms with van der Waals surface area (Å²) in [6.07, 6.45) is 0. The summed E-state index contributed by atoms with van der Waals surface area (Å²) in [5, 5.41) is 12.5. The number of carboxylic acids is 1. The zero-order chi connectivity index (χ0) is 13.3. The van der Waals surface area contributed by atoms with Crippen molar-refractivity contribution < 1.29 is 9.90 Å². The molecule has 18 heavy (non-hydrogen) atoms. The third-order valence-corrected chi connectivity index (χ3v) is 4.46. The Balaban J connectivity index is 2.27. The number of nitrogens with zero attached hydrogens (tertiary/aromatic N) is 1. The highest BCUT2D eigenvalue weighted by Crippen LogP contribution is 2.28. The van der Waals surface area contributed by atoms with Crippen molar-refractivity contribution in [2.75, 3.05) is 7.05 Å². The second-order valence-electron chi connectivity index (χ2n) is 4.98. The van der Waals surface area contributed by atoms with E-state index in [1.165, 1.54) is 15.6 Å². The lowest BCUT2D eigenvalue weighted by Gasteiger charge is -2.31. The van der Waals surface area contributed by atoms with Crippen LogP contribution in [0.1, 0.15) is 19.4 Å². The Hall–Kier alpha value is -1.39. The van der Waals surface area contributed by atoms with Gasteiger partial charge >= 0.3 is 5.97 Å².